The predicted octanol–water partition coefficient (Wildman–Crippen LogP) is 5.46. The van der Waals surface area contributed by atoms with E-state index >= 15 is 0 Å². The first-order chi connectivity index (χ1) is 26.5. The summed E-state index contributed by atoms with van der Waals surface area (Å²) in [6.45, 7) is 5.22. The number of ketones is 1. The van der Waals surface area contributed by atoms with Gasteiger partial charge in [0.1, 0.15) is 23.3 Å². The number of imide groups is 1. The molecule has 13 nitrogen and oxygen atoms in total. The number of carbonyl (C=O) groups is 4. The smallest absolute Gasteiger partial charge is 0.262 e. The van der Waals surface area contributed by atoms with Crippen molar-refractivity contribution in [2.24, 2.45) is 7.05 Å². The van der Waals surface area contributed by atoms with Crippen molar-refractivity contribution in [2.45, 2.75) is 64.0 Å². The quantitative estimate of drug-likeness (QED) is 0.105. The Morgan fingerprint density at radius 2 is 1.65 bits per heavy atom. The van der Waals surface area contributed by atoms with Gasteiger partial charge in [-0.05, 0) is 80.1 Å². The van der Waals surface area contributed by atoms with Crippen LogP contribution in [0.4, 0.5) is 5.69 Å². The van der Waals surface area contributed by atoms with Gasteiger partial charge in [-0.25, -0.2) is 0 Å². The van der Waals surface area contributed by atoms with Crippen LogP contribution >= 0.6 is 0 Å². The lowest BCUT2D eigenvalue weighted by molar-refractivity contribution is -0.125. The molecule has 1 fully saturated rings. The third-order valence-corrected chi connectivity index (χ3v) is 10.3. The summed E-state index contributed by atoms with van der Waals surface area (Å²) in [6, 6.07) is 9.99. The summed E-state index contributed by atoms with van der Waals surface area (Å²) in [4.78, 5) is 71.4. The highest BCUT2D eigenvalue weighted by Gasteiger charge is 2.44. The van der Waals surface area contributed by atoms with Gasteiger partial charge in [0.25, 0.3) is 17.4 Å². The summed E-state index contributed by atoms with van der Waals surface area (Å²) >= 11 is 0. The number of amides is 3. The molecule has 55 heavy (non-hydrogen) atoms. The normalized spacial score (nSPS) is 15.4. The zero-order valence-corrected chi connectivity index (χ0v) is 31.9. The number of pyridine rings is 2. The highest BCUT2D eigenvalue weighted by atomic mass is 16.5. The summed E-state index contributed by atoms with van der Waals surface area (Å²) in [7, 11) is 6.84. The summed E-state index contributed by atoms with van der Waals surface area (Å²) in [5.74, 6) is 0.154. The number of likely N-dealkylation sites (N-methyl/N-ethyl adjacent to an activating group) is 1. The van der Waals surface area contributed by atoms with Crippen LogP contribution in [-0.4, -0.2) is 83.3 Å². The van der Waals surface area contributed by atoms with Crippen molar-refractivity contribution in [3.8, 4) is 22.6 Å². The van der Waals surface area contributed by atoms with Crippen molar-refractivity contribution in [3.05, 3.63) is 94.3 Å². The van der Waals surface area contributed by atoms with Crippen LogP contribution in [0.3, 0.4) is 0 Å². The van der Waals surface area contributed by atoms with Gasteiger partial charge in [-0.15, -0.1) is 0 Å². The van der Waals surface area contributed by atoms with Crippen LogP contribution in [0.25, 0.3) is 21.9 Å². The second kappa shape index (κ2) is 17.1. The fourth-order valence-electron chi connectivity index (χ4n) is 7.41. The summed E-state index contributed by atoms with van der Waals surface area (Å²) in [5.41, 5.74) is 4.36. The van der Waals surface area contributed by atoms with Crippen LogP contribution in [0.1, 0.15) is 77.6 Å². The number of rotatable bonds is 17. The predicted molar refractivity (Wildman–Crippen MR) is 210 cm³/mol. The van der Waals surface area contributed by atoms with E-state index in [9.17, 15) is 24.0 Å². The topological polar surface area (TPSA) is 152 Å². The molecule has 1 saturated heterocycles. The molecule has 288 valence electrons. The highest BCUT2D eigenvalue weighted by molar-refractivity contribution is 6.23. The minimum absolute atomic E-state index is 0.122. The van der Waals surface area contributed by atoms with Gasteiger partial charge in [-0.1, -0.05) is 25.8 Å². The average Bonchev–Trinajstić information content (AvgIpc) is 3.42. The van der Waals surface area contributed by atoms with E-state index in [1.807, 2.05) is 30.1 Å². The lowest BCUT2D eigenvalue weighted by atomic mass is 9.99. The van der Waals surface area contributed by atoms with E-state index in [4.69, 9.17) is 9.47 Å². The Hall–Kier alpha value is -5.82. The van der Waals surface area contributed by atoms with Gasteiger partial charge in [0, 0.05) is 62.1 Å². The number of fused-ring (bicyclic) bond motifs is 2. The number of benzene rings is 2. The Labute approximate surface area is 320 Å². The molecule has 13 heteroatoms. The number of aromatic nitrogens is 2. The number of nitrogens with one attached hydrogen (secondary N) is 2. The van der Waals surface area contributed by atoms with E-state index in [1.54, 1.807) is 62.6 Å². The maximum atomic E-state index is 13.1. The lowest BCUT2D eigenvalue weighted by Gasteiger charge is -2.29. The van der Waals surface area contributed by atoms with Crippen LogP contribution in [-0.2, 0) is 23.2 Å². The van der Waals surface area contributed by atoms with Gasteiger partial charge < -0.3 is 24.7 Å². The number of unbranched alkanes of at least 4 members (excludes halogenated alkanes) is 4. The zero-order chi connectivity index (χ0) is 39.2. The largest absolute Gasteiger partial charge is 0.496 e. The number of piperidine rings is 1. The first kappa shape index (κ1) is 38.9. The minimum atomic E-state index is -0.830. The molecular formula is C42H48N6O7. The van der Waals surface area contributed by atoms with Gasteiger partial charge in [-0.3, -0.25) is 38.8 Å². The van der Waals surface area contributed by atoms with Gasteiger partial charge in [-0.2, -0.15) is 0 Å². The second-order valence-electron chi connectivity index (χ2n) is 14.3. The van der Waals surface area contributed by atoms with E-state index in [2.05, 4.69) is 22.2 Å². The van der Waals surface area contributed by atoms with Gasteiger partial charge in [0.15, 0.2) is 0 Å². The van der Waals surface area contributed by atoms with Crippen molar-refractivity contribution in [3.63, 3.8) is 0 Å². The second-order valence-corrected chi connectivity index (χ2v) is 14.3. The van der Waals surface area contributed by atoms with E-state index in [0.29, 0.717) is 72.6 Å². The maximum absolute atomic E-state index is 13.1. The molecule has 0 bridgehead atoms. The molecule has 1 atom stereocenters. The summed E-state index contributed by atoms with van der Waals surface area (Å²) in [5, 5.41) is 7.31. The fourth-order valence-corrected chi connectivity index (χ4v) is 7.41. The number of hydrogen-bond acceptors (Lipinski definition) is 10. The molecule has 2 aromatic heterocycles. The molecule has 0 radical (unpaired) electrons. The average molecular weight is 749 g/mol. The minimum Gasteiger partial charge on any atom is -0.496 e. The molecule has 2 aromatic carbocycles. The molecule has 0 saturated carbocycles. The molecular weight excluding hydrogens is 700 g/mol. The van der Waals surface area contributed by atoms with E-state index in [1.165, 1.54) is 0 Å². The number of methoxy groups -OCH3 is 2. The third-order valence-electron chi connectivity index (χ3n) is 10.3. The van der Waals surface area contributed by atoms with Crippen LogP contribution < -0.4 is 25.7 Å². The standard InChI is InChI=1S/C42H48N6O7/c1-26-12-15-36(39(50)45-26)48-41(52)31-14-13-28(21-32(31)42(48)53)44-17-10-8-6-7-9-11-29(49)23-46(2)24-35-37(54-4)19-27(20-38(35)55-5)34-25-47(3)40(51)33-22-43-18-16-30(33)34/h13-14,16,18-22,25,36,44H,1,6-12,15,17,23-24H2,2-5H3,(H,45,50). The lowest BCUT2D eigenvalue weighted by Crippen LogP contribution is -2.51. The molecule has 2 N–H and O–H groups in total. The fraction of sp³-hybridized carbons (Fsp3) is 0.381. The Morgan fingerprint density at radius 1 is 0.945 bits per heavy atom. The molecule has 0 spiro atoms. The number of aryl methyl sites for hydroxylation is 1. The van der Waals surface area contributed by atoms with Gasteiger partial charge in [0.2, 0.25) is 5.91 Å². The number of Topliss-reactive ketones (excluding diaryl/α,β-unsaturated/α-hetero) is 1. The van der Waals surface area contributed by atoms with Gasteiger partial charge >= 0.3 is 0 Å². The Bertz CT molecular complexity index is 2190. The number of hydrogen-bond donors (Lipinski definition) is 2. The molecule has 4 aromatic rings. The van der Waals surface area contributed by atoms with Crippen LogP contribution in [0.2, 0.25) is 0 Å². The van der Waals surface area contributed by atoms with Crippen molar-refractivity contribution < 1.29 is 28.7 Å². The third kappa shape index (κ3) is 8.46. The molecule has 3 amide bonds. The molecule has 6 rings (SSSR count). The van der Waals surface area contributed by atoms with Crippen molar-refractivity contribution in [1.29, 1.82) is 0 Å². The van der Waals surface area contributed by atoms with E-state index in [-0.39, 0.29) is 17.2 Å². The first-order valence-electron chi connectivity index (χ1n) is 18.6. The number of carbonyl (C=O) groups excluding carboxylic acids is 4. The zero-order valence-electron chi connectivity index (χ0n) is 31.9. The number of ether oxygens (including phenoxy) is 2. The SMILES string of the molecule is C=C1CCC(N2C(=O)c3ccc(NCCCCCCCC(=O)CN(C)Cc4c(OC)cc(-c5cn(C)c(=O)c6cnccc56)cc4OC)cc3C2=O)C(=O)N1. The Balaban J connectivity index is 0.930. The summed E-state index contributed by atoms with van der Waals surface area (Å²) < 4.78 is 13.2. The number of anilines is 1. The Kier molecular flexibility index (Phi) is 12.1. The van der Waals surface area contributed by atoms with Crippen molar-refractivity contribution >= 4 is 40.0 Å². The highest BCUT2D eigenvalue weighted by Crippen LogP contribution is 2.38. The Morgan fingerprint density at radius 3 is 2.38 bits per heavy atom. The van der Waals surface area contributed by atoms with Crippen molar-refractivity contribution in [2.75, 3.05) is 39.7 Å². The molecule has 2 aliphatic rings. The van der Waals surface area contributed by atoms with Crippen LogP contribution in [0.15, 0.2) is 72.1 Å². The van der Waals surface area contributed by atoms with E-state index in [0.717, 1.165) is 64.8 Å². The van der Waals surface area contributed by atoms with Crippen LogP contribution in [0.5, 0.6) is 11.5 Å². The van der Waals surface area contributed by atoms with Crippen LogP contribution in [0, 0.1) is 0 Å². The van der Waals surface area contributed by atoms with Gasteiger partial charge in [0.05, 0.1) is 42.8 Å². The number of allylic oxidation sites excluding steroid dienone is 1. The van der Waals surface area contributed by atoms with Crippen molar-refractivity contribution in [1.82, 2.24) is 24.7 Å². The maximum Gasteiger partial charge on any atom is 0.262 e. The molecule has 4 heterocycles. The molecule has 0 aliphatic carbocycles. The summed E-state index contributed by atoms with van der Waals surface area (Å²) in [6.07, 6.45) is 11.1. The monoisotopic (exact) mass is 748 g/mol. The molecule has 1 unspecified atom stereocenters. The first-order valence-corrected chi connectivity index (χ1v) is 18.6. The molecule has 2 aliphatic heterocycles. The van der Waals surface area contributed by atoms with E-state index < -0.39 is 17.9 Å². The number of nitrogens with zero attached hydrogens (tertiary/aromatic N) is 4.